The summed E-state index contributed by atoms with van der Waals surface area (Å²) < 4.78 is 22.9. The van der Waals surface area contributed by atoms with E-state index in [0.29, 0.717) is 37.8 Å². The van der Waals surface area contributed by atoms with Crippen LogP contribution < -0.4 is 26.6 Å². The number of carbonyl (C=O) groups is 9. The van der Waals surface area contributed by atoms with E-state index in [1.54, 1.807) is 83.7 Å². The largest absolute Gasteiger partial charge is 0.483 e. The molecular formula is C62H80N6O13. The van der Waals surface area contributed by atoms with Gasteiger partial charge < -0.3 is 50.4 Å². The molecule has 81 heavy (non-hydrogen) atoms. The lowest BCUT2D eigenvalue weighted by Crippen LogP contribution is -2.58. The minimum Gasteiger partial charge on any atom is -0.483 e. The van der Waals surface area contributed by atoms with E-state index in [-0.39, 0.29) is 74.1 Å². The van der Waals surface area contributed by atoms with Gasteiger partial charge in [0.1, 0.15) is 47.8 Å². The summed E-state index contributed by atoms with van der Waals surface area (Å²) in [5.41, 5.74) is 0.720. The summed E-state index contributed by atoms with van der Waals surface area (Å²) in [4.78, 5) is 124. The van der Waals surface area contributed by atoms with Gasteiger partial charge in [0.2, 0.25) is 35.2 Å². The first-order chi connectivity index (χ1) is 38.4. The third kappa shape index (κ3) is 18.1. The molecule has 3 aromatic carbocycles. The van der Waals surface area contributed by atoms with E-state index in [2.05, 4.69) is 26.6 Å². The van der Waals surface area contributed by atoms with Gasteiger partial charge in [0.15, 0.2) is 0 Å². The second-order valence-corrected chi connectivity index (χ2v) is 23.1. The van der Waals surface area contributed by atoms with Crippen molar-refractivity contribution in [3.8, 4) is 0 Å². The second kappa shape index (κ2) is 28.5. The summed E-state index contributed by atoms with van der Waals surface area (Å²) in [5.74, 6) is -5.01. The monoisotopic (exact) mass is 1120 g/mol. The molecule has 0 radical (unpaired) electrons. The Hall–Kier alpha value is -7.83. The van der Waals surface area contributed by atoms with E-state index in [1.807, 2.05) is 80.6 Å². The number of nitrogens with zero attached hydrogens (tertiary/aromatic N) is 1. The van der Waals surface area contributed by atoms with E-state index in [0.717, 1.165) is 11.1 Å². The first-order valence-electron chi connectivity index (χ1n) is 28.1. The number of fused-ring (bicyclic) bond motifs is 2. The number of ketones is 2. The van der Waals surface area contributed by atoms with E-state index in [4.69, 9.17) is 18.9 Å². The molecule has 1 fully saturated rings. The number of ether oxygens (including phenoxy) is 4. The van der Waals surface area contributed by atoms with Crippen molar-refractivity contribution < 1.29 is 62.1 Å². The van der Waals surface area contributed by atoms with Crippen LogP contribution in [0.2, 0.25) is 0 Å². The highest BCUT2D eigenvalue weighted by molar-refractivity contribution is 6.52. The fourth-order valence-electron chi connectivity index (χ4n) is 9.91. The van der Waals surface area contributed by atoms with Crippen LogP contribution in [0.3, 0.4) is 0 Å². The van der Waals surface area contributed by atoms with Gasteiger partial charge in [-0.15, -0.1) is 0 Å². The summed E-state index contributed by atoms with van der Waals surface area (Å²) in [5, 5.41) is 14.0. The second-order valence-electron chi connectivity index (χ2n) is 23.1. The highest BCUT2D eigenvalue weighted by Gasteiger charge is 2.47. The van der Waals surface area contributed by atoms with Gasteiger partial charge >= 0.3 is 18.2 Å². The third-order valence-electron chi connectivity index (χ3n) is 14.1. The van der Waals surface area contributed by atoms with Crippen LogP contribution in [0, 0.1) is 17.8 Å². The van der Waals surface area contributed by atoms with Crippen molar-refractivity contribution in [2.45, 2.75) is 162 Å². The van der Waals surface area contributed by atoms with Crippen LogP contribution in [0.1, 0.15) is 134 Å². The van der Waals surface area contributed by atoms with Gasteiger partial charge in [0, 0.05) is 37.2 Å². The number of carbonyl (C=O) groups excluding carboxylic acids is 9. The lowest BCUT2D eigenvalue weighted by molar-refractivity contribution is -0.163. The zero-order chi connectivity index (χ0) is 59.0. The van der Waals surface area contributed by atoms with Gasteiger partial charge in [0.25, 0.3) is 0 Å². The average Bonchev–Trinajstić information content (AvgIpc) is 3.28. The molecule has 436 valence electrons. The van der Waals surface area contributed by atoms with Crippen LogP contribution in [-0.2, 0) is 60.7 Å². The number of hydrogen-bond donors (Lipinski definition) is 5. The number of rotatable bonds is 24. The van der Waals surface area contributed by atoms with E-state index < -0.39 is 101 Å². The van der Waals surface area contributed by atoms with Crippen molar-refractivity contribution in [1.29, 1.82) is 0 Å². The average molecular weight is 1120 g/mol. The fraction of sp³-hybridized carbons (Fsp3) is 0.500. The molecule has 3 aliphatic rings. The van der Waals surface area contributed by atoms with Crippen LogP contribution in [0.4, 0.5) is 9.59 Å². The molecule has 2 heterocycles. The van der Waals surface area contributed by atoms with Crippen molar-refractivity contribution in [3.05, 3.63) is 125 Å². The van der Waals surface area contributed by atoms with Crippen LogP contribution >= 0.6 is 0 Å². The summed E-state index contributed by atoms with van der Waals surface area (Å²) in [7, 11) is 0. The van der Waals surface area contributed by atoms with Gasteiger partial charge in [-0.1, -0.05) is 125 Å². The molecule has 6 amide bonds. The van der Waals surface area contributed by atoms with Crippen molar-refractivity contribution in [2.24, 2.45) is 17.8 Å². The summed E-state index contributed by atoms with van der Waals surface area (Å²) >= 11 is 0. The zero-order valence-corrected chi connectivity index (χ0v) is 48.1. The minimum atomic E-state index is -1.21. The standard InChI is InChI=1S/C62H80N6O13/c1-38(2)34-43(65-60(77)81-61(5,6)7)29-28-42(35-40-20-12-10-13-21-40)58(75)68-33-19-27-48(68)56(73)67-51(39(3)4)57(74)66-47(26-18-31-64-59(76)78-37-41-22-14-11-15-23-41)55(72)63-32-30-50(69)79-49-36-46-53(71)52(70)44-24-16-17-25-45(44)54(46)80-62(49,8)9/h10-17,20-25,28-29,38-39,42-43,47-49,51H,18-19,26-27,30-37H2,1-9H3,(H,63,72)(H,64,76)(H,65,77)(H,66,74)(H,67,73)/b29-28+/t42-,43-,47+,48+,49?,51?/m1/s1. The first kappa shape index (κ1) is 62.4. The summed E-state index contributed by atoms with van der Waals surface area (Å²) in [6, 6.07) is 21.6. The zero-order valence-electron chi connectivity index (χ0n) is 48.1. The molecule has 6 atom stereocenters. The molecule has 2 unspecified atom stereocenters. The van der Waals surface area contributed by atoms with Gasteiger partial charge in [-0.05, 0) is 96.1 Å². The quantitative estimate of drug-likeness (QED) is 0.0192. The Morgan fingerprint density at radius 1 is 0.765 bits per heavy atom. The van der Waals surface area contributed by atoms with E-state index in [1.165, 1.54) is 0 Å². The van der Waals surface area contributed by atoms with Crippen molar-refractivity contribution in [3.63, 3.8) is 0 Å². The Kier molecular flexibility index (Phi) is 22.0. The van der Waals surface area contributed by atoms with Crippen molar-refractivity contribution >= 4 is 59.1 Å². The first-order valence-corrected chi connectivity index (χ1v) is 28.1. The summed E-state index contributed by atoms with van der Waals surface area (Å²) in [6.45, 7) is 16.5. The maximum Gasteiger partial charge on any atom is 0.408 e. The molecule has 19 heteroatoms. The molecule has 0 bridgehead atoms. The van der Waals surface area contributed by atoms with Crippen LogP contribution in [-0.4, -0.2) is 119 Å². The number of amides is 6. The van der Waals surface area contributed by atoms with E-state index >= 15 is 0 Å². The van der Waals surface area contributed by atoms with Crippen LogP contribution in [0.5, 0.6) is 0 Å². The Balaban J connectivity index is 1.12. The molecule has 0 saturated carbocycles. The molecule has 1 saturated heterocycles. The highest BCUT2D eigenvalue weighted by Crippen LogP contribution is 2.42. The Labute approximate surface area is 475 Å². The van der Waals surface area contributed by atoms with Gasteiger partial charge in [-0.3, -0.25) is 33.6 Å². The SMILES string of the molecule is CC(C)C[C@@H](/C=C/[C@H](Cc1ccccc1)C(=O)N1CCC[C@H]1C(=O)NC(C(=O)N[C@@H](CCCNC(=O)OCc1ccccc1)C(=O)NCCC(=O)OC1CC2=C(OC1(C)C)c1ccccc1C(=O)C2=O)C(C)C)NC(=O)OC(C)(C)C. The van der Waals surface area contributed by atoms with Crippen molar-refractivity contribution in [2.75, 3.05) is 19.6 Å². The highest BCUT2D eigenvalue weighted by atomic mass is 16.6. The third-order valence-corrected chi connectivity index (χ3v) is 14.1. The number of benzene rings is 3. The molecule has 0 spiro atoms. The van der Waals surface area contributed by atoms with Crippen molar-refractivity contribution in [1.82, 2.24) is 31.5 Å². The molecule has 6 rings (SSSR count). The predicted octanol–water partition coefficient (Wildman–Crippen LogP) is 7.46. The van der Waals surface area contributed by atoms with Crippen LogP contribution in [0.25, 0.3) is 5.76 Å². The number of likely N-dealkylation sites (tertiary alicyclic amines) is 1. The fourth-order valence-corrected chi connectivity index (χ4v) is 9.91. The molecule has 0 aromatic heterocycles. The van der Waals surface area contributed by atoms with Crippen LogP contribution in [0.15, 0.2) is 103 Å². The lowest BCUT2D eigenvalue weighted by atomic mass is 9.81. The maximum absolute atomic E-state index is 14.7. The molecular weight excluding hydrogens is 1040 g/mol. The molecule has 2 aliphatic heterocycles. The smallest absolute Gasteiger partial charge is 0.408 e. The lowest BCUT2D eigenvalue weighted by Gasteiger charge is -2.41. The topological polar surface area (TPSA) is 254 Å². The number of nitrogens with one attached hydrogen (secondary N) is 5. The summed E-state index contributed by atoms with van der Waals surface area (Å²) in [6.07, 6.45) is 3.02. The maximum atomic E-state index is 14.7. The molecule has 1 aliphatic carbocycles. The predicted molar refractivity (Wildman–Crippen MR) is 303 cm³/mol. The Bertz CT molecular complexity index is 2800. The molecule has 19 nitrogen and oxygen atoms in total. The Morgan fingerprint density at radius 2 is 1.42 bits per heavy atom. The van der Waals surface area contributed by atoms with E-state index in [9.17, 15) is 43.2 Å². The number of Topliss-reactive ketones (excluding diaryl/α,β-unsaturated/α-hetero) is 2. The molecule has 5 N–H and O–H groups in total. The minimum absolute atomic E-state index is 0.0210. The molecule has 3 aromatic rings. The normalized spacial score (nSPS) is 18.1. The number of hydrogen-bond acceptors (Lipinski definition) is 13. The number of esters is 1. The Morgan fingerprint density at radius 3 is 2.07 bits per heavy atom. The van der Waals surface area contributed by atoms with Gasteiger partial charge in [-0.25, -0.2) is 9.59 Å². The van der Waals surface area contributed by atoms with Gasteiger partial charge in [-0.2, -0.15) is 0 Å². The van der Waals surface area contributed by atoms with Gasteiger partial charge in [0.05, 0.1) is 24.0 Å². The number of alkyl carbamates (subject to hydrolysis) is 2.